The summed E-state index contributed by atoms with van der Waals surface area (Å²) in [6, 6.07) is 6.55. The van der Waals surface area contributed by atoms with Crippen LogP contribution < -0.4 is 0 Å². The van der Waals surface area contributed by atoms with Crippen LogP contribution in [0.3, 0.4) is 0 Å². The Labute approximate surface area is 132 Å². The van der Waals surface area contributed by atoms with Gasteiger partial charge in [-0.2, -0.15) is 0 Å². The third-order valence-corrected chi connectivity index (χ3v) is 3.28. The van der Waals surface area contributed by atoms with Crippen molar-refractivity contribution < 1.29 is 4.79 Å². The van der Waals surface area contributed by atoms with Gasteiger partial charge in [0, 0.05) is 11.8 Å². The summed E-state index contributed by atoms with van der Waals surface area (Å²) in [5, 5.41) is 0.713. The van der Waals surface area contributed by atoms with E-state index < -0.39 is 0 Å². The molecular weight excluding hydrogens is 319 g/mol. The summed E-state index contributed by atoms with van der Waals surface area (Å²) >= 11 is 17.5. The average Bonchev–Trinajstić information content (AvgIpc) is 2.44. The Balaban J connectivity index is 0.000000956. The monoisotopic (exact) mass is 330 g/mol. The zero-order valence-electron chi connectivity index (χ0n) is 11.0. The minimum Gasteiger partial charge on any atom is -0.294 e. The zero-order chi connectivity index (χ0) is 15.1. The molecule has 0 saturated heterocycles. The van der Waals surface area contributed by atoms with E-state index in [2.05, 4.69) is 9.97 Å². The predicted octanol–water partition coefficient (Wildman–Crippen LogP) is 4.89. The molecule has 0 bridgehead atoms. The largest absolute Gasteiger partial charge is 0.294 e. The lowest BCUT2D eigenvalue weighted by atomic mass is 10.1. The van der Waals surface area contributed by atoms with E-state index in [9.17, 15) is 4.79 Å². The molecule has 3 nitrogen and oxygen atoms in total. The smallest absolute Gasteiger partial charge is 0.222 e. The standard InChI is InChI=1S/C12H7Cl3N2O.C2H6/c13-9-3-1-2-8(11(9)14)10(18)6-7-4-5-16-12(15)17-7;1-2/h1-5H,6H2;1-2H3. The Morgan fingerprint density at radius 3 is 2.50 bits per heavy atom. The fourth-order valence-corrected chi connectivity index (χ4v) is 2.02. The number of nitrogens with zero attached hydrogens (tertiary/aromatic N) is 2. The molecular formula is C14H13Cl3N2O. The molecule has 0 amide bonds. The first-order valence-corrected chi connectivity index (χ1v) is 7.16. The third-order valence-electron chi connectivity index (χ3n) is 2.28. The summed E-state index contributed by atoms with van der Waals surface area (Å²) < 4.78 is 0. The van der Waals surface area contributed by atoms with Crippen molar-refractivity contribution in [1.29, 1.82) is 0 Å². The van der Waals surface area contributed by atoms with Gasteiger partial charge in [0.1, 0.15) is 0 Å². The van der Waals surface area contributed by atoms with Gasteiger partial charge in [0.15, 0.2) is 5.78 Å². The fraction of sp³-hybridized carbons (Fsp3) is 0.214. The summed E-state index contributed by atoms with van der Waals surface area (Å²) in [6.07, 6.45) is 1.60. The molecule has 0 atom stereocenters. The van der Waals surface area contributed by atoms with E-state index in [1.807, 2.05) is 13.8 Å². The lowest BCUT2D eigenvalue weighted by Gasteiger charge is -2.04. The van der Waals surface area contributed by atoms with Gasteiger partial charge in [0.2, 0.25) is 5.28 Å². The Morgan fingerprint density at radius 2 is 1.85 bits per heavy atom. The quantitative estimate of drug-likeness (QED) is 0.594. The van der Waals surface area contributed by atoms with Gasteiger partial charge in [0.25, 0.3) is 0 Å². The van der Waals surface area contributed by atoms with Gasteiger partial charge in [-0.15, -0.1) is 0 Å². The first-order chi connectivity index (χ1) is 9.58. The highest BCUT2D eigenvalue weighted by Crippen LogP contribution is 2.26. The minimum atomic E-state index is -0.169. The second kappa shape index (κ2) is 8.20. The number of rotatable bonds is 3. The molecule has 0 spiro atoms. The molecule has 0 aliphatic heterocycles. The van der Waals surface area contributed by atoms with Crippen LogP contribution in [0.15, 0.2) is 30.5 Å². The molecule has 0 unspecified atom stereocenters. The van der Waals surface area contributed by atoms with E-state index >= 15 is 0 Å². The van der Waals surface area contributed by atoms with E-state index in [1.165, 1.54) is 6.20 Å². The van der Waals surface area contributed by atoms with E-state index in [0.29, 0.717) is 16.3 Å². The van der Waals surface area contributed by atoms with Crippen molar-refractivity contribution in [2.45, 2.75) is 20.3 Å². The molecule has 6 heteroatoms. The second-order valence-electron chi connectivity index (χ2n) is 3.52. The Hall–Kier alpha value is -1.16. The van der Waals surface area contributed by atoms with Crippen LogP contribution in [0.25, 0.3) is 0 Å². The molecule has 2 rings (SSSR count). The molecule has 20 heavy (non-hydrogen) atoms. The average molecular weight is 332 g/mol. The van der Waals surface area contributed by atoms with Crippen LogP contribution in [0.2, 0.25) is 15.3 Å². The van der Waals surface area contributed by atoms with Gasteiger partial charge in [-0.1, -0.05) is 43.1 Å². The van der Waals surface area contributed by atoms with Gasteiger partial charge >= 0.3 is 0 Å². The number of benzene rings is 1. The van der Waals surface area contributed by atoms with Gasteiger partial charge in [-0.25, -0.2) is 9.97 Å². The predicted molar refractivity (Wildman–Crippen MR) is 82.9 cm³/mol. The number of hydrogen-bond donors (Lipinski definition) is 0. The van der Waals surface area contributed by atoms with Crippen LogP contribution in [-0.2, 0) is 6.42 Å². The Morgan fingerprint density at radius 1 is 1.15 bits per heavy atom. The van der Waals surface area contributed by atoms with Crippen molar-refractivity contribution in [2.24, 2.45) is 0 Å². The Kier molecular flexibility index (Phi) is 6.93. The lowest BCUT2D eigenvalue weighted by molar-refractivity contribution is 0.0992. The molecule has 0 saturated carbocycles. The number of hydrogen-bond acceptors (Lipinski definition) is 3. The SMILES string of the molecule is CC.O=C(Cc1ccnc(Cl)n1)c1cccc(Cl)c1Cl. The van der Waals surface area contributed by atoms with Gasteiger partial charge < -0.3 is 0 Å². The maximum absolute atomic E-state index is 12.1. The van der Waals surface area contributed by atoms with Crippen LogP contribution in [0, 0.1) is 0 Å². The lowest BCUT2D eigenvalue weighted by Crippen LogP contribution is -2.06. The molecule has 0 fully saturated rings. The molecule has 106 valence electrons. The molecule has 0 aliphatic carbocycles. The maximum atomic E-state index is 12.1. The highest BCUT2D eigenvalue weighted by atomic mass is 35.5. The van der Waals surface area contributed by atoms with Crippen LogP contribution >= 0.6 is 34.8 Å². The van der Waals surface area contributed by atoms with E-state index in [-0.39, 0.29) is 22.5 Å². The molecule has 1 heterocycles. The molecule has 0 aliphatic rings. The third kappa shape index (κ3) is 4.44. The topological polar surface area (TPSA) is 42.9 Å². The van der Waals surface area contributed by atoms with Crippen molar-refractivity contribution in [2.75, 3.05) is 0 Å². The highest BCUT2D eigenvalue weighted by molar-refractivity contribution is 6.43. The Bertz CT molecular complexity index is 603. The molecule has 1 aromatic carbocycles. The second-order valence-corrected chi connectivity index (χ2v) is 4.64. The van der Waals surface area contributed by atoms with Gasteiger partial charge in [0.05, 0.1) is 22.2 Å². The highest BCUT2D eigenvalue weighted by Gasteiger charge is 2.14. The molecule has 0 N–H and O–H groups in total. The van der Waals surface area contributed by atoms with Crippen LogP contribution in [0.1, 0.15) is 29.9 Å². The normalized spacial score (nSPS) is 9.65. The van der Waals surface area contributed by atoms with Crippen LogP contribution in [-0.4, -0.2) is 15.8 Å². The summed E-state index contributed by atoms with van der Waals surface area (Å²) in [6.45, 7) is 4.00. The number of ketones is 1. The number of carbonyl (C=O) groups excluding carboxylic acids is 1. The van der Waals surface area contributed by atoms with Crippen molar-refractivity contribution in [3.63, 3.8) is 0 Å². The summed E-state index contributed by atoms with van der Waals surface area (Å²) in [5.41, 5.74) is 0.912. The summed E-state index contributed by atoms with van der Waals surface area (Å²) in [4.78, 5) is 19.7. The van der Waals surface area contributed by atoms with Crippen molar-refractivity contribution in [3.8, 4) is 0 Å². The zero-order valence-corrected chi connectivity index (χ0v) is 13.3. The summed E-state index contributed by atoms with van der Waals surface area (Å²) in [5.74, 6) is -0.169. The van der Waals surface area contributed by atoms with Gasteiger partial charge in [-0.3, -0.25) is 4.79 Å². The van der Waals surface area contributed by atoms with Crippen LogP contribution in [0.5, 0.6) is 0 Å². The van der Waals surface area contributed by atoms with Crippen LogP contribution in [0.4, 0.5) is 0 Å². The maximum Gasteiger partial charge on any atom is 0.222 e. The molecule has 0 radical (unpaired) electrons. The van der Waals surface area contributed by atoms with E-state index in [0.717, 1.165) is 0 Å². The summed E-state index contributed by atoms with van der Waals surface area (Å²) in [7, 11) is 0. The van der Waals surface area contributed by atoms with E-state index in [1.54, 1.807) is 24.3 Å². The number of carbonyl (C=O) groups is 1. The fourth-order valence-electron chi connectivity index (χ4n) is 1.45. The first kappa shape index (κ1) is 16.9. The van der Waals surface area contributed by atoms with E-state index in [4.69, 9.17) is 34.8 Å². The molecule has 1 aromatic heterocycles. The first-order valence-electron chi connectivity index (χ1n) is 6.02. The van der Waals surface area contributed by atoms with Crippen molar-refractivity contribution in [1.82, 2.24) is 9.97 Å². The van der Waals surface area contributed by atoms with Crippen molar-refractivity contribution in [3.05, 3.63) is 57.0 Å². The number of halogens is 3. The van der Waals surface area contributed by atoms with Crippen molar-refractivity contribution >= 4 is 40.6 Å². The van der Waals surface area contributed by atoms with Gasteiger partial charge in [-0.05, 0) is 29.8 Å². The number of aromatic nitrogens is 2. The number of Topliss-reactive ketones (excluding diaryl/α,β-unsaturated/α-hetero) is 1. The minimum absolute atomic E-state index is 0.0995. The molecule has 2 aromatic rings.